The molecule has 0 heterocycles. The van der Waals surface area contributed by atoms with Gasteiger partial charge in [0.2, 0.25) is 0 Å². The van der Waals surface area contributed by atoms with E-state index in [9.17, 15) is 14.9 Å². The first-order valence-electron chi connectivity index (χ1n) is 4.88. The molecule has 0 aliphatic heterocycles. The van der Waals surface area contributed by atoms with Gasteiger partial charge >= 0.3 is 6.09 Å². The molecule has 0 atom stereocenters. The molecule has 0 spiro atoms. The Morgan fingerprint density at radius 1 is 1.35 bits per heavy atom. The average molecular weight is 360 g/mol. The second kappa shape index (κ2) is 7.54. The van der Waals surface area contributed by atoms with Gasteiger partial charge in [0.05, 0.1) is 4.92 Å². The van der Waals surface area contributed by atoms with Crippen molar-refractivity contribution < 1.29 is 14.5 Å². The highest BCUT2D eigenvalue weighted by molar-refractivity contribution is 6.59. The molecule has 1 aromatic rings. The molecule has 20 heavy (non-hydrogen) atoms. The lowest BCUT2D eigenvalue weighted by atomic mass is 10.2. The van der Waals surface area contributed by atoms with Crippen LogP contribution in [0.4, 0.5) is 10.5 Å². The van der Waals surface area contributed by atoms with E-state index >= 15 is 0 Å². The zero-order valence-electron chi connectivity index (χ0n) is 9.53. The van der Waals surface area contributed by atoms with E-state index in [0.29, 0.717) is 5.56 Å². The van der Waals surface area contributed by atoms with Gasteiger partial charge in [-0.15, -0.1) is 0 Å². The summed E-state index contributed by atoms with van der Waals surface area (Å²) in [5.41, 5.74) is 0.100. The minimum atomic E-state index is -0.911. The van der Waals surface area contributed by atoms with Crippen LogP contribution in [0, 0.1) is 10.1 Å². The number of ether oxygens (including phenoxy) is 1. The van der Waals surface area contributed by atoms with Crippen molar-refractivity contribution in [1.82, 2.24) is 5.32 Å². The van der Waals surface area contributed by atoms with Crippen molar-refractivity contribution in [3.8, 4) is 0 Å². The first-order chi connectivity index (χ1) is 9.31. The number of carbonyl (C=O) groups excluding carboxylic acids is 1. The van der Waals surface area contributed by atoms with Crippen LogP contribution in [0.1, 0.15) is 5.56 Å². The monoisotopic (exact) mass is 358 g/mol. The second-order valence-electron chi connectivity index (χ2n) is 3.32. The molecule has 1 amide bonds. The Balaban J connectivity index is 2.67. The van der Waals surface area contributed by atoms with E-state index < -0.39 is 11.0 Å². The molecule has 0 saturated heterocycles. The Bertz CT molecular complexity index is 572. The summed E-state index contributed by atoms with van der Waals surface area (Å²) in [6.45, 7) is -0.214. The fourth-order valence-electron chi connectivity index (χ4n) is 1.11. The molecule has 0 saturated carbocycles. The van der Waals surface area contributed by atoms with Crippen LogP contribution in [0.25, 0.3) is 0 Å². The number of nitro benzene ring substituents is 1. The van der Waals surface area contributed by atoms with Crippen molar-refractivity contribution in [3.63, 3.8) is 0 Å². The number of carbonyl (C=O) groups is 1. The first-order valence-corrected chi connectivity index (χ1v) is 6.40. The first kappa shape index (κ1) is 16.8. The molecule has 0 unspecified atom stereocenters. The molecule has 0 fully saturated rings. The number of hydrogen-bond acceptors (Lipinski definition) is 4. The van der Waals surface area contributed by atoms with E-state index in [2.05, 4.69) is 5.32 Å². The fraction of sp³-hybridized carbons (Fsp3) is 0.100. The van der Waals surface area contributed by atoms with Crippen molar-refractivity contribution in [3.05, 3.63) is 48.5 Å². The standard InChI is InChI=1S/C10H6Cl4N2O4/c11-6-2-1-5(3-7(6)16(18)19)4-20-10(17)15-9(14)8(12)13/h1-3H,4H2,(H,15,17). The van der Waals surface area contributed by atoms with Gasteiger partial charge in [-0.3, -0.25) is 15.4 Å². The highest BCUT2D eigenvalue weighted by Gasteiger charge is 2.14. The smallest absolute Gasteiger partial charge is 0.412 e. The molecule has 10 heteroatoms. The summed E-state index contributed by atoms with van der Waals surface area (Å²) in [7, 11) is 0. The fourth-order valence-corrected chi connectivity index (χ4v) is 1.47. The summed E-state index contributed by atoms with van der Waals surface area (Å²) < 4.78 is 4.44. The Labute approximate surface area is 133 Å². The molecule has 1 aromatic carbocycles. The Morgan fingerprint density at radius 3 is 2.55 bits per heavy atom. The molecule has 0 aromatic heterocycles. The largest absolute Gasteiger partial charge is 0.444 e. The minimum Gasteiger partial charge on any atom is -0.444 e. The van der Waals surface area contributed by atoms with E-state index in [-0.39, 0.29) is 27.0 Å². The van der Waals surface area contributed by atoms with Crippen molar-refractivity contribution in [2.75, 3.05) is 0 Å². The molecule has 1 N–H and O–H groups in total. The van der Waals surface area contributed by atoms with E-state index in [4.69, 9.17) is 51.1 Å². The quantitative estimate of drug-likeness (QED) is 0.493. The summed E-state index contributed by atoms with van der Waals surface area (Å²) in [6.07, 6.45) is -0.911. The zero-order chi connectivity index (χ0) is 15.3. The third-order valence-corrected chi connectivity index (χ3v) is 3.13. The van der Waals surface area contributed by atoms with Crippen molar-refractivity contribution in [2.45, 2.75) is 6.61 Å². The van der Waals surface area contributed by atoms with E-state index in [1.165, 1.54) is 18.2 Å². The number of benzene rings is 1. The third-order valence-electron chi connectivity index (χ3n) is 1.95. The maximum absolute atomic E-state index is 11.3. The topological polar surface area (TPSA) is 81.5 Å². The number of halogens is 4. The number of nitrogens with zero attached hydrogens (tertiary/aromatic N) is 1. The SMILES string of the molecule is O=C(NC(Cl)=C(Cl)Cl)OCc1ccc(Cl)c([N+](=O)[O-])c1. The number of alkyl carbamates (subject to hydrolysis) is 1. The number of rotatable bonds is 4. The molecule has 0 bridgehead atoms. The molecule has 108 valence electrons. The van der Waals surface area contributed by atoms with Gasteiger partial charge in [-0.25, -0.2) is 4.79 Å². The van der Waals surface area contributed by atoms with Crippen molar-refractivity contribution in [1.29, 1.82) is 0 Å². The van der Waals surface area contributed by atoms with Crippen LogP contribution in [0.2, 0.25) is 5.02 Å². The van der Waals surface area contributed by atoms with Crippen LogP contribution in [0.15, 0.2) is 27.8 Å². The number of nitro groups is 1. The lowest BCUT2D eigenvalue weighted by Gasteiger charge is -2.06. The highest BCUT2D eigenvalue weighted by Crippen LogP contribution is 2.25. The van der Waals surface area contributed by atoms with Gasteiger partial charge in [-0.1, -0.05) is 52.5 Å². The maximum atomic E-state index is 11.3. The van der Waals surface area contributed by atoms with Gasteiger partial charge in [-0.05, 0) is 11.6 Å². The lowest BCUT2D eigenvalue weighted by Crippen LogP contribution is -2.21. The van der Waals surface area contributed by atoms with Crippen LogP contribution in [-0.2, 0) is 11.3 Å². The van der Waals surface area contributed by atoms with E-state index in [0.717, 1.165) is 0 Å². The summed E-state index contributed by atoms with van der Waals surface area (Å²) in [5.74, 6) is 0. The summed E-state index contributed by atoms with van der Waals surface area (Å²) in [6, 6.07) is 4.01. The zero-order valence-corrected chi connectivity index (χ0v) is 12.6. The lowest BCUT2D eigenvalue weighted by molar-refractivity contribution is -0.384. The van der Waals surface area contributed by atoms with Crippen LogP contribution in [-0.4, -0.2) is 11.0 Å². The van der Waals surface area contributed by atoms with Crippen molar-refractivity contribution in [2.24, 2.45) is 0 Å². The summed E-state index contributed by atoms with van der Waals surface area (Å²) >= 11 is 21.8. The Kier molecular flexibility index (Phi) is 6.35. The normalized spacial score (nSPS) is 9.80. The Morgan fingerprint density at radius 2 is 2.00 bits per heavy atom. The van der Waals surface area contributed by atoms with Crippen LogP contribution < -0.4 is 5.32 Å². The molecular formula is C10H6Cl4N2O4. The molecule has 6 nitrogen and oxygen atoms in total. The van der Waals surface area contributed by atoms with Gasteiger partial charge in [0.15, 0.2) is 0 Å². The predicted molar refractivity (Wildman–Crippen MR) is 76.0 cm³/mol. The van der Waals surface area contributed by atoms with Crippen LogP contribution >= 0.6 is 46.4 Å². The number of nitrogens with one attached hydrogen (secondary N) is 1. The van der Waals surface area contributed by atoms with Gasteiger partial charge in [0, 0.05) is 6.07 Å². The number of amides is 1. The van der Waals surface area contributed by atoms with Crippen LogP contribution in [0.3, 0.4) is 0 Å². The summed E-state index contributed by atoms with van der Waals surface area (Å²) in [4.78, 5) is 21.3. The molecule has 0 radical (unpaired) electrons. The van der Waals surface area contributed by atoms with Gasteiger partial charge in [0.1, 0.15) is 21.3 Å². The van der Waals surface area contributed by atoms with E-state index in [1.807, 2.05) is 0 Å². The third kappa shape index (κ3) is 5.05. The number of hydrogen-bond donors (Lipinski definition) is 1. The maximum Gasteiger partial charge on any atom is 0.412 e. The van der Waals surface area contributed by atoms with Crippen molar-refractivity contribution >= 4 is 58.2 Å². The molecule has 0 aliphatic carbocycles. The molecule has 1 rings (SSSR count). The highest BCUT2D eigenvalue weighted by atomic mass is 35.5. The molecular weight excluding hydrogens is 354 g/mol. The predicted octanol–water partition coefficient (Wildman–Crippen LogP) is 4.32. The van der Waals surface area contributed by atoms with E-state index in [1.54, 1.807) is 0 Å². The minimum absolute atomic E-state index is 0.0110. The van der Waals surface area contributed by atoms with Crippen LogP contribution in [0.5, 0.6) is 0 Å². The average Bonchev–Trinajstić information content (AvgIpc) is 2.37. The second-order valence-corrected chi connectivity index (χ2v) is 5.05. The summed E-state index contributed by atoms with van der Waals surface area (Å²) in [5, 5.41) is 12.4. The van der Waals surface area contributed by atoms with Gasteiger partial charge in [-0.2, -0.15) is 0 Å². The molecule has 0 aliphatic rings. The Hall–Kier alpha value is -1.21. The van der Waals surface area contributed by atoms with Gasteiger partial charge in [0.25, 0.3) is 5.69 Å². The van der Waals surface area contributed by atoms with Gasteiger partial charge < -0.3 is 4.74 Å².